The van der Waals surface area contributed by atoms with Crippen molar-refractivity contribution in [3.63, 3.8) is 0 Å². The van der Waals surface area contributed by atoms with Crippen molar-refractivity contribution in [2.45, 2.75) is 26.7 Å². The minimum atomic E-state index is 0. The third kappa shape index (κ3) is 104. The van der Waals surface area contributed by atoms with E-state index >= 15 is 0 Å². The summed E-state index contributed by atoms with van der Waals surface area (Å²) in [6.07, 6.45) is 4.69. The molecule has 0 saturated carbocycles. The Morgan fingerprint density at radius 1 is 1.45 bits per heavy atom. The van der Waals surface area contributed by atoms with Crippen molar-refractivity contribution in [2.24, 2.45) is 5.73 Å². The molecule has 0 saturated heterocycles. The van der Waals surface area contributed by atoms with Crippen molar-refractivity contribution in [3.05, 3.63) is 13.8 Å². The zero-order valence-electron chi connectivity index (χ0n) is 7.63. The van der Waals surface area contributed by atoms with Gasteiger partial charge in [0, 0.05) is 0 Å². The quantitative estimate of drug-likeness (QED) is 0.338. The monoisotopic (exact) mass is 243 g/mol. The molecule has 0 aromatic rings. The summed E-state index contributed by atoms with van der Waals surface area (Å²) >= 11 is 7.65. The number of thiol groups is 1. The largest absolute Gasteiger partial charge is 2.00 e. The van der Waals surface area contributed by atoms with E-state index in [1.54, 1.807) is 0 Å². The summed E-state index contributed by atoms with van der Waals surface area (Å²) in [4.78, 5) is 0. The van der Waals surface area contributed by atoms with E-state index in [4.69, 9.17) is 5.73 Å². The Hall–Kier alpha value is 0.863. The molecule has 0 unspecified atom stereocenters. The van der Waals surface area contributed by atoms with Gasteiger partial charge < -0.3 is 19.6 Å². The molecule has 0 amide bonds. The fraction of sp³-hybridized carbons (Fsp3) is 0.571. The third-order valence-corrected chi connectivity index (χ3v) is 0.577. The average molecular weight is 245 g/mol. The van der Waals surface area contributed by atoms with Gasteiger partial charge in [-0.2, -0.15) is 12.8 Å². The van der Waals surface area contributed by atoms with Gasteiger partial charge in [0.25, 0.3) is 0 Å². The van der Waals surface area contributed by atoms with Crippen LogP contribution in [0.1, 0.15) is 26.7 Å². The molecule has 0 spiro atoms. The Labute approximate surface area is 94.7 Å². The molecular weight excluding hydrogens is 228 g/mol. The molecular formula is C7H17NS2Zn. The predicted molar refractivity (Wildman–Crippen MR) is 57.1 cm³/mol. The van der Waals surface area contributed by atoms with Crippen molar-refractivity contribution in [1.29, 1.82) is 0 Å². The zero-order valence-corrected chi connectivity index (χ0v) is 12.3. The molecule has 0 fully saturated rings. The van der Waals surface area contributed by atoms with Crippen LogP contribution >= 0.6 is 24.8 Å². The molecule has 1 nitrogen and oxygen atoms in total. The summed E-state index contributed by atoms with van der Waals surface area (Å²) in [6.45, 7) is 4.31. The molecule has 0 rings (SSSR count). The minimum Gasteiger partial charge on any atom is -0.385 e. The van der Waals surface area contributed by atoms with E-state index < -0.39 is 0 Å². The van der Waals surface area contributed by atoms with Crippen LogP contribution in [-0.2, 0) is 19.5 Å². The fourth-order valence-electron chi connectivity index (χ4n) is 0.289. The van der Waals surface area contributed by atoms with Crippen LogP contribution in [0.4, 0.5) is 0 Å². The number of unbranched alkanes of at least 4 members (excludes halogenated alkanes) is 2. The van der Waals surface area contributed by atoms with Crippen LogP contribution in [-0.4, -0.2) is 4.32 Å². The molecule has 0 aliphatic carbocycles. The van der Waals surface area contributed by atoms with Gasteiger partial charge in [-0.05, 0) is 0 Å². The normalized spacial score (nSPS) is 6.09. The van der Waals surface area contributed by atoms with Crippen LogP contribution in [0.5, 0.6) is 0 Å². The SMILES string of the molecule is CC[CH-]CC.NC(=S)S.[CH3-].[Zn+2]. The summed E-state index contributed by atoms with van der Waals surface area (Å²) in [5.41, 5.74) is 4.71. The van der Waals surface area contributed by atoms with Crippen molar-refractivity contribution >= 4 is 29.2 Å². The first-order valence-corrected chi connectivity index (χ1v) is 3.80. The average Bonchev–Trinajstić information content (AvgIpc) is 1.66. The number of rotatable bonds is 2. The summed E-state index contributed by atoms with van der Waals surface area (Å²) in [5, 5.41) is 0. The first-order chi connectivity index (χ1) is 4.15. The van der Waals surface area contributed by atoms with E-state index in [1.165, 1.54) is 12.8 Å². The van der Waals surface area contributed by atoms with E-state index in [1.807, 2.05) is 0 Å². The van der Waals surface area contributed by atoms with Gasteiger partial charge in [0.2, 0.25) is 0 Å². The Morgan fingerprint density at radius 3 is 1.64 bits per heavy atom. The molecule has 64 valence electrons. The van der Waals surface area contributed by atoms with Gasteiger partial charge >= 0.3 is 19.5 Å². The molecule has 0 aliphatic heterocycles. The summed E-state index contributed by atoms with van der Waals surface area (Å²) in [6, 6.07) is 0. The van der Waals surface area contributed by atoms with Gasteiger partial charge in [-0.3, -0.25) is 0 Å². The van der Waals surface area contributed by atoms with Crippen molar-refractivity contribution < 1.29 is 19.5 Å². The Bertz CT molecular complexity index is 63.5. The molecule has 0 aromatic heterocycles. The molecule has 0 aliphatic rings. The van der Waals surface area contributed by atoms with Crippen LogP contribution in [0.2, 0.25) is 0 Å². The van der Waals surface area contributed by atoms with Crippen LogP contribution in [0.15, 0.2) is 0 Å². The second kappa shape index (κ2) is 22.4. The number of thiocarbonyl (C=S) groups is 1. The fourth-order valence-corrected chi connectivity index (χ4v) is 0.289. The van der Waals surface area contributed by atoms with Crippen LogP contribution in [0.3, 0.4) is 0 Å². The van der Waals surface area contributed by atoms with Gasteiger partial charge in [-0.1, -0.05) is 26.1 Å². The maximum atomic E-state index is 4.71. The molecule has 4 heteroatoms. The summed E-state index contributed by atoms with van der Waals surface area (Å²) < 4.78 is 0.194. The zero-order chi connectivity index (χ0) is 7.70. The molecule has 0 radical (unpaired) electrons. The van der Waals surface area contributed by atoms with Gasteiger partial charge in [0.05, 0.1) is 0 Å². The van der Waals surface area contributed by atoms with Crippen molar-refractivity contribution in [1.82, 2.24) is 0 Å². The molecule has 11 heavy (non-hydrogen) atoms. The Kier molecular flexibility index (Phi) is 46.2. The summed E-state index contributed by atoms with van der Waals surface area (Å²) in [5.74, 6) is 0. The minimum absolute atomic E-state index is 0. The summed E-state index contributed by atoms with van der Waals surface area (Å²) in [7, 11) is 0. The van der Waals surface area contributed by atoms with Gasteiger partial charge in [0.1, 0.15) is 4.32 Å². The van der Waals surface area contributed by atoms with E-state index in [9.17, 15) is 0 Å². The third-order valence-electron chi connectivity index (χ3n) is 0.577. The first kappa shape index (κ1) is 22.6. The van der Waals surface area contributed by atoms with Crippen molar-refractivity contribution in [2.75, 3.05) is 0 Å². The van der Waals surface area contributed by atoms with Gasteiger partial charge in [-0.15, -0.1) is 12.6 Å². The Morgan fingerprint density at radius 2 is 1.64 bits per heavy atom. The van der Waals surface area contributed by atoms with E-state index in [-0.39, 0.29) is 31.2 Å². The van der Waals surface area contributed by atoms with E-state index in [0.717, 1.165) is 0 Å². The predicted octanol–water partition coefficient (Wildman–Crippen LogP) is 2.62. The molecule has 0 atom stereocenters. The van der Waals surface area contributed by atoms with Gasteiger partial charge in [-0.25, -0.2) is 0 Å². The van der Waals surface area contributed by atoms with Gasteiger partial charge in [0.15, 0.2) is 0 Å². The smallest absolute Gasteiger partial charge is 0.385 e. The maximum Gasteiger partial charge on any atom is 2.00 e. The number of hydrogen-bond donors (Lipinski definition) is 2. The maximum absolute atomic E-state index is 4.71. The van der Waals surface area contributed by atoms with Crippen molar-refractivity contribution in [3.8, 4) is 0 Å². The van der Waals surface area contributed by atoms with E-state index in [2.05, 4.69) is 45.1 Å². The van der Waals surface area contributed by atoms with Crippen LogP contribution in [0, 0.1) is 13.8 Å². The van der Waals surface area contributed by atoms with Crippen LogP contribution in [0.25, 0.3) is 0 Å². The molecule has 0 aromatic carbocycles. The second-order valence-electron chi connectivity index (χ2n) is 1.44. The topological polar surface area (TPSA) is 26.0 Å². The second-order valence-corrected chi connectivity index (χ2v) is 2.67. The van der Waals surface area contributed by atoms with Crippen LogP contribution < -0.4 is 5.73 Å². The molecule has 0 bridgehead atoms. The molecule has 2 N–H and O–H groups in total. The van der Waals surface area contributed by atoms with E-state index in [0.29, 0.717) is 0 Å². The first-order valence-electron chi connectivity index (χ1n) is 2.95. The number of nitrogens with two attached hydrogens (primary N) is 1. The standard InChI is InChI=1S/C5H11.CH3NS2.CH3.Zn/c1-3-5-4-2;2-1(3)4;;/h5H,3-4H2,1-2H3;(H3,2,3,4);1H3;/q-1;;-1;+2. The molecule has 0 heterocycles. The Balaban J connectivity index is -0.0000000383. The number of hydrogen-bond acceptors (Lipinski definition) is 1.